The summed E-state index contributed by atoms with van der Waals surface area (Å²) < 4.78 is 0. The lowest BCUT2D eigenvalue weighted by molar-refractivity contribution is 1.62. The molecule has 0 aliphatic rings. The Bertz CT molecular complexity index is 2860. The minimum atomic E-state index is 1.23. The normalized spacial score (nSPS) is 11.6. The summed E-state index contributed by atoms with van der Waals surface area (Å²) in [6, 6.07) is 71.3. The molecule has 0 nitrogen and oxygen atoms in total. The highest BCUT2D eigenvalue weighted by Crippen LogP contribution is 2.48. The van der Waals surface area contributed by atoms with Gasteiger partial charge < -0.3 is 0 Å². The third-order valence-corrected chi connectivity index (χ3v) is 10.4. The van der Waals surface area contributed by atoms with Crippen LogP contribution in [0.25, 0.3) is 98.4 Å². The van der Waals surface area contributed by atoms with Gasteiger partial charge in [-0.05, 0) is 111 Å². The van der Waals surface area contributed by atoms with Gasteiger partial charge in [-0.15, -0.1) is 0 Å². The van der Waals surface area contributed by atoms with Crippen molar-refractivity contribution in [2.24, 2.45) is 0 Å². The van der Waals surface area contributed by atoms with Crippen LogP contribution in [0.4, 0.5) is 0 Å². The van der Waals surface area contributed by atoms with Gasteiger partial charge in [0.05, 0.1) is 0 Å². The zero-order valence-electron chi connectivity index (χ0n) is 27.5. The Balaban J connectivity index is 1.26. The molecular formula is C50H32. The maximum absolute atomic E-state index is 2.38. The van der Waals surface area contributed by atoms with Crippen molar-refractivity contribution in [1.82, 2.24) is 0 Å². The summed E-state index contributed by atoms with van der Waals surface area (Å²) in [5.41, 5.74) is 10.0. The van der Waals surface area contributed by atoms with Gasteiger partial charge >= 0.3 is 0 Å². The van der Waals surface area contributed by atoms with E-state index in [1.54, 1.807) is 0 Å². The van der Waals surface area contributed by atoms with E-state index in [1.165, 1.54) is 98.4 Å². The van der Waals surface area contributed by atoms with E-state index in [-0.39, 0.29) is 0 Å². The highest BCUT2D eigenvalue weighted by atomic mass is 14.2. The molecule has 0 aliphatic heterocycles. The topological polar surface area (TPSA) is 0 Å². The molecule has 0 aliphatic carbocycles. The zero-order chi connectivity index (χ0) is 33.0. The van der Waals surface area contributed by atoms with Crippen molar-refractivity contribution < 1.29 is 0 Å². The van der Waals surface area contributed by atoms with Gasteiger partial charge in [0.15, 0.2) is 0 Å². The van der Waals surface area contributed by atoms with Crippen LogP contribution >= 0.6 is 0 Å². The third-order valence-electron chi connectivity index (χ3n) is 10.4. The maximum Gasteiger partial charge on any atom is -0.00201 e. The first-order chi connectivity index (χ1) is 24.8. The van der Waals surface area contributed by atoms with Crippen molar-refractivity contribution in [3.8, 4) is 44.5 Å². The SMILES string of the molecule is c1cc(-c2cccc3ccccc23)cc(-c2c3ccccc3c(-c3ccccc3-c3cc4ccccc4c4ccccc34)c3ccccc23)c1. The molecule has 0 unspecified atom stereocenters. The molecule has 0 bridgehead atoms. The number of hydrogen-bond acceptors (Lipinski definition) is 0. The lowest BCUT2D eigenvalue weighted by Crippen LogP contribution is -1.93. The molecule has 0 fully saturated rings. The van der Waals surface area contributed by atoms with E-state index >= 15 is 0 Å². The molecule has 10 aromatic rings. The van der Waals surface area contributed by atoms with Crippen molar-refractivity contribution >= 4 is 53.9 Å². The highest BCUT2D eigenvalue weighted by molar-refractivity contribution is 6.23. The average molecular weight is 633 g/mol. The van der Waals surface area contributed by atoms with E-state index in [0.717, 1.165) is 0 Å². The second-order valence-corrected chi connectivity index (χ2v) is 13.2. The Morgan fingerprint density at radius 3 is 1.38 bits per heavy atom. The van der Waals surface area contributed by atoms with Crippen LogP contribution in [-0.4, -0.2) is 0 Å². The molecule has 0 heterocycles. The molecule has 0 saturated heterocycles. The van der Waals surface area contributed by atoms with Crippen LogP contribution in [0.15, 0.2) is 194 Å². The molecule has 0 N–H and O–H groups in total. The van der Waals surface area contributed by atoms with Crippen molar-refractivity contribution in [2.45, 2.75) is 0 Å². The number of benzene rings is 10. The molecule has 0 aromatic heterocycles. The van der Waals surface area contributed by atoms with Crippen molar-refractivity contribution in [2.75, 3.05) is 0 Å². The lowest BCUT2D eigenvalue weighted by atomic mass is 9.82. The summed E-state index contributed by atoms with van der Waals surface area (Å²) in [7, 11) is 0. The Labute approximate surface area is 291 Å². The van der Waals surface area contributed by atoms with Gasteiger partial charge in [0.1, 0.15) is 0 Å². The second kappa shape index (κ2) is 11.6. The standard InChI is InChI=1S/C50H32/c1-3-20-37-33(15-1)17-14-30-38(37)34-18-13-19-36(31-34)49-44-26-9-11-28-46(44)50(47-29-12-10-27-45(47)49)43-25-8-7-24-42(43)48-32-35-16-2-4-21-39(35)40-22-5-6-23-41(40)48/h1-32H. The Morgan fingerprint density at radius 2 is 0.660 bits per heavy atom. The first kappa shape index (κ1) is 28.5. The Hall–Kier alpha value is -6.50. The van der Waals surface area contributed by atoms with Crippen LogP contribution in [0.3, 0.4) is 0 Å². The van der Waals surface area contributed by atoms with E-state index in [1.807, 2.05) is 0 Å². The number of hydrogen-bond donors (Lipinski definition) is 0. The van der Waals surface area contributed by atoms with E-state index in [4.69, 9.17) is 0 Å². The number of rotatable bonds is 4. The van der Waals surface area contributed by atoms with Crippen LogP contribution in [-0.2, 0) is 0 Å². The molecule has 10 rings (SSSR count). The molecule has 0 heteroatoms. The van der Waals surface area contributed by atoms with Crippen LogP contribution in [0.5, 0.6) is 0 Å². The van der Waals surface area contributed by atoms with Crippen molar-refractivity contribution in [1.29, 1.82) is 0 Å². The molecule has 0 atom stereocenters. The van der Waals surface area contributed by atoms with Crippen LogP contribution < -0.4 is 0 Å². The fourth-order valence-corrected chi connectivity index (χ4v) is 8.26. The summed E-state index contributed by atoms with van der Waals surface area (Å²) in [6.07, 6.45) is 0. The minimum Gasteiger partial charge on any atom is -0.0616 e. The third kappa shape index (κ3) is 4.46. The van der Waals surface area contributed by atoms with E-state index < -0.39 is 0 Å². The fraction of sp³-hybridized carbons (Fsp3) is 0. The van der Waals surface area contributed by atoms with Gasteiger partial charge in [0.2, 0.25) is 0 Å². The summed E-state index contributed by atoms with van der Waals surface area (Å²) >= 11 is 0. The quantitative estimate of drug-likeness (QED) is 0.134. The average Bonchev–Trinajstić information content (AvgIpc) is 3.19. The van der Waals surface area contributed by atoms with Gasteiger partial charge in [-0.25, -0.2) is 0 Å². The molecular weight excluding hydrogens is 601 g/mol. The molecule has 0 spiro atoms. The molecule has 0 saturated carbocycles. The first-order valence-corrected chi connectivity index (χ1v) is 17.4. The van der Waals surface area contributed by atoms with Gasteiger partial charge in [-0.3, -0.25) is 0 Å². The predicted molar refractivity (Wildman–Crippen MR) is 216 cm³/mol. The van der Waals surface area contributed by atoms with Crippen molar-refractivity contribution in [3.63, 3.8) is 0 Å². The van der Waals surface area contributed by atoms with E-state index in [2.05, 4.69) is 194 Å². The van der Waals surface area contributed by atoms with Crippen LogP contribution in [0.1, 0.15) is 0 Å². The molecule has 10 aromatic carbocycles. The largest absolute Gasteiger partial charge is 0.0616 e. The predicted octanol–water partition coefficient (Wildman–Crippen LogP) is 14.1. The van der Waals surface area contributed by atoms with Gasteiger partial charge in [0.25, 0.3) is 0 Å². The van der Waals surface area contributed by atoms with Crippen LogP contribution in [0, 0.1) is 0 Å². The Morgan fingerprint density at radius 1 is 0.200 bits per heavy atom. The summed E-state index contributed by atoms with van der Waals surface area (Å²) in [5.74, 6) is 0. The van der Waals surface area contributed by atoms with Gasteiger partial charge in [-0.1, -0.05) is 182 Å². The first-order valence-electron chi connectivity index (χ1n) is 17.4. The smallest absolute Gasteiger partial charge is 0.00201 e. The molecule has 0 amide bonds. The van der Waals surface area contributed by atoms with Gasteiger partial charge in [0, 0.05) is 0 Å². The number of fused-ring (bicyclic) bond motifs is 6. The molecule has 50 heavy (non-hydrogen) atoms. The summed E-state index contributed by atoms with van der Waals surface area (Å²) in [4.78, 5) is 0. The lowest BCUT2D eigenvalue weighted by Gasteiger charge is -2.21. The zero-order valence-corrected chi connectivity index (χ0v) is 27.5. The molecule has 232 valence electrons. The van der Waals surface area contributed by atoms with E-state index in [9.17, 15) is 0 Å². The Kier molecular flexibility index (Phi) is 6.60. The maximum atomic E-state index is 2.38. The van der Waals surface area contributed by atoms with Crippen molar-refractivity contribution in [3.05, 3.63) is 194 Å². The van der Waals surface area contributed by atoms with Crippen LogP contribution in [0.2, 0.25) is 0 Å². The summed E-state index contributed by atoms with van der Waals surface area (Å²) in [6.45, 7) is 0. The minimum absolute atomic E-state index is 1.23. The second-order valence-electron chi connectivity index (χ2n) is 13.2. The fourth-order valence-electron chi connectivity index (χ4n) is 8.26. The highest BCUT2D eigenvalue weighted by Gasteiger charge is 2.20. The summed E-state index contributed by atoms with van der Waals surface area (Å²) in [5, 5.41) is 12.7. The van der Waals surface area contributed by atoms with Gasteiger partial charge in [-0.2, -0.15) is 0 Å². The van der Waals surface area contributed by atoms with E-state index in [0.29, 0.717) is 0 Å². The molecule has 0 radical (unpaired) electrons. The monoisotopic (exact) mass is 632 g/mol.